The smallest absolute Gasteiger partial charge is 0.230 e. The zero-order valence-electron chi connectivity index (χ0n) is 9.89. The van der Waals surface area contributed by atoms with Crippen molar-refractivity contribution in [3.8, 4) is 0 Å². The summed E-state index contributed by atoms with van der Waals surface area (Å²) in [6.45, 7) is 1.97. The van der Waals surface area contributed by atoms with Gasteiger partial charge in [-0.25, -0.2) is 0 Å². The van der Waals surface area contributed by atoms with Gasteiger partial charge in [0.2, 0.25) is 5.91 Å². The predicted octanol–water partition coefficient (Wildman–Crippen LogP) is -0.324. The molecule has 6 heteroatoms. The molecule has 1 saturated heterocycles. The van der Waals surface area contributed by atoms with Gasteiger partial charge in [0.25, 0.3) is 0 Å². The molecule has 1 aliphatic heterocycles. The highest BCUT2D eigenvalue weighted by molar-refractivity contribution is 5.98. The molecule has 0 aromatic heterocycles. The number of carbonyl (C=O) groups is 1. The van der Waals surface area contributed by atoms with Crippen molar-refractivity contribution in [2.75, 3.05) is 27.2 Å². The average molecular weight is 228 g/mol. The molecule has 92 valence electrons. The van der Waals surface area contributed by atoms with Crippen LogP contribution in [0.2, 0.25) is 0 Å². The first-order chi connectivity index (χ1) is 7.54. The Labute approximate surface area is 95.7 Å². The van der Waals surface area contributed by atoms with E-state index < -0.39 is 0 Å². The quantitative estimate of drug-likeness (QED) is 0.300. The third-order valence-electron chi connectivity index (χ3n) is 3.00. The predicted molar refractivity (Wildman–Crippen MR) is 61.3 cm³/mol. The maximum Gasteiger partial charge on any atom is 0.230 e. The number of piperidine rings is 1. The molecule has 1 rings (SSSR count). The molecule has 0 aromatic rings. The highest BCUT2D eigenvalue weighted by Crippen LogP contribution is 2.14. The number of carbonyl (C=O) groups excluding carboxylic acids is 1. The first-order valence-corrected chi connectivity index (χ1v) is 5.45. The summed E-state index contributed by atoms with van der Waals surface area (Å²) in [6, 6.07) is 0.234. The zero-order chi connectivity index (χ0) is 12.1. The monoisotopic (exact) mass is 228 g/mol. The van der Waals surface area contributed by atoms with Crippen LogP contribution in [0.5, 0.6) is 0 Å². The van der Waals surface area contributed by atoms with E-state index in [9.17, 15) is 4.79 Å². The SMILES string of the molecule is CN1CCCC(N(C)C(=O)CC(N)=NO)C1. The lowest BCUT2D eigenvalue weighted by atomic mass is 10.0. The summed E-state index contributed by atoms with van der Waals surface area (Å²) in [7, 11) is 3.82. The summed E-state index contributed by atoms with van der Waals surface area (Å²) < 4.78 is 0. The Hall–Kier alpha value is -1.30. The van der Waals surface area contributed by atoms with Gasteiger partial charge in [-0.15, -0.1) is 0 Å². The molecule has 1 amide bonds. The summed E-state index contributed by atoms with van der Waals surface area (Å²) in [4.78, 5) is 15.7. The van der Waals surface area contributed by atoms with Gasteiger partial charge in [0.1, 0.15) is 5.84 Å². The lowest BCUT2D eigenvalue weighted by Gasteiger charge is -2.35. The highest BCUT2D eigenvalue weighted by Gasteiger charge is 2.24. The van der Waals surface area contributed by atoms with Gasteiger partial charge in [-0.3, -0.25) is 4.79 Å². The van der Waals surface area contributed by atoms with Crippen LogP contribution < -0.4 is 5.73 Å². The number of amides is 1. The summed E-state index contributed by atoms with van der Waals surface area (Å²) in [5.41, 5.74) is 5.31. The lowest BCUT2D eigenvalue weighted by Crippen LogP contribution is -2.47. The number of oxime groups is 1. The minimum atomic E-state index is -0.101. The van der Waals surface area contributed by atoms with E-state index in [1.807, 2.05) is 7.05 Å². The second-order valence-corrected chi connectivity index (χ2v) is 4.33. The number of rotatable bonds is 3. The Kier molecular flexibility index (Phi) is 4.54. The van der Waals surface area contributed by atoms with Crippen LogP contribution in [-0.2, 0) is 4.79 Å². The third kappa shape index (κ3) is 3.37. The summed E-state index contributed by atoms with van der Waals surface area (Å²) in [5.74, 6) is -0.142. The van der Waals surface area contributed by atoms with Gasteiger partial charge in [-0.1, -0.05) is 5.16 Å². The van der Waals surface area contributed by atoms with E-state index in [2.05, 4.69) is 10.1 Å². The Balaban J connectivity index is 2.49. The lowest BCUT2D eigenvalue weighted by molar-refractivity contribution is -0.131. The average Bonchev–Trinajstić information content (AvgIpc) is 2.27. The van der Waals surface area contributed by atoms with Crippen molar-refractivity contribution in [2.45, 2.75) is 25.3 Å². The topological polar surface area (TPSA) is 82.2 Å². The molecule has 0 aromatic carbocycles. The first kappa shape index (κ1) is 12.8. The van der Waals surface area contributed by atoms with Crippen molar-refractivity contribution in [2.24, 2.45) is 10.9 Å². The van der Waals surface area contributed by atoms with E-state index in [1.54, 1.807) is 11.9 Å². The van der Waals surface area contributed by atoms with E-state index in [-0.39, 0.29) is 24.2 Å². The number of likely N-dealkylation sites (tertiary alicyclic amines) is 1. The van der Waals surface area contributed by atoms with Crippen LogP contribution in [0.4, 0.5) is 0 Å². The van der Waals surface area contributed by atoms with Gasteiger partial charge >= 0.3 is 0 Å². The Morgan fingerprint density at radius 2 is 2.38 bits per heavy atom. The molecule has 0 aliphatic carbocycles. The maximum atomic E-state index is 11.8. The number of nitrogens with zero attached hydrogens (tertiary/aromatic N) is 3. The zero-order valence-corrected chi connectivity index (χ0v) is 9.89. The van der Waals surface area contributed by atoms with Crippen LogP contribution in [0.1, 0.15) is 19.3 Å². The Morgan fingerprint density at radius 3 is 2.94 bits per heavy atom. The van der Waals surface area contributed by atoms with E-state index >= 15 is 0 Å². The largest absolute Gasteiger partial charge is 0.409 e. The molecule has 0 spiro atoms. The molecule has 1 fully saturated rings. The number of nitrogens with two attached hydrogens (primary N) is 1. The van der Waals surface area contributed by atoms with Crippen molar-refractivity contribution < 1.29 is 10.0 Å². The first-order valence-electron chi connectivity index (χ1n) is 5.45. The van der Waals surface area contributed by atoms with Crippen LogP contribution in [0, 0.1) is 0 Å². The summed E-state index contributed by atoms with van der Waals surface area (Å²) in [5, 5.41) is 11.2. The van der Waals surface area contributed by atoms with Gasteiger partial charge in [-0.05, 0) is 26.4 Å². The molecular weight excluding hydrogens is 208 g/mol. The second-order valence-electron chi connectivity index (χ2n) is 4.33. The second kappa shape index (κ2) is 5.69. The van der Waals surface area contributed by atoms with Crippen LogP contribution in [-0.4, -0.2) is 60.0 Å². The van der Waals surface area contributed by atoms with Crippen LogP contribution in [0.15, 0.2) is 5.16 Å². The van der Waals surface area contributed by atoms with Crippen LogP contribution in [0.25, 0.3) is 0 Å². The molecule has 1 aliphatic rings. The Morgan fingerprint density at radius 1 is 1.69 bits per heavy atom. The van der Waals surface area contributed by atoms with E-state index in [0.717, 1.165) is 25.9 Å². The molecule has 0 saturated carbocycles. The number of hydrogen-bond donors (Lipinski definition) is 2. The van der Waals surface area contributed by atoms with Crippen molar-refractivity contribution in [3.63, 3.8) is 0 Å². The molecule has 1 atom stereocenters. The minimum absolute atomic E-state index is 0.0206. The molecular formula is C10H20N4O2. The van der Waals surface area contributed by atoms with E-state index in [1.165, 1.54) is 0 Å². The molecule has 0 radical (unpaired) electrons. The number of likely N-dealkylation sites (N-methyl/N-ethyl adjacent to an activating group) is 2. The number of hydrogen-bond acceptors (Lipinski definition) is 4. The molecule has 1 unspecified atom stereocenters. The number of amidine groups is 1. The van der Waals surface area contributed by atoms with Crippen molar-refractivity contribution >= 4 is 11.7 Å². The fraction of sp³-hybridized carbons (Fsp3) is 0.800. The van der Waals surface area contributed by atoms with Gasteiger partial charge in [-0.2, -0.15) is 0 Å². The van der Waals surface area contributed by atoms with Gasteiger partial charge < -0.3 is 20.7 Å². The normalized spacial score (nSPS) is 23.1. The standard InChI is InChI=1S/C10H20N4O2/c1-13-5-3-4-8(7-13)14(2)10(15)6-9(11)12-16/h8,16H,3-7H2,1-2H3,(H2,11,12). The minimum Gasteiger partial charge on any atom is -0.409 e. The van der Waals surface area contributed by atoms with Gasteiger partial charge in [0.05, 0.1) is 6.42 Å². The summed E-state index contributed by atoms with van der Waals surface area (Å²) >= 11 is 0. The van der Waals surface area contributed by atoms with Crippen molar-refractivity contribution in [1.29, 1.82) is 0 Å². The molecule has 16 heavy (non-hydrogen) atoms. The van der Waals surface area contributed by atoms with Gasteiger partial charge in [0.15, 0.2) is 0 Å². The van der Waals surface area contributed by atoms with Gasteiger partial charge in [0, 0.05) is 19.6 Å². The summed E-state index contributed by atoms with van der Waals surface area (Å²) in [6.07, 6.45) is 2.10. The van der Waals surface area contributed by atoms with Crippen molar-refractivity contribution in [3.05, 3.63) is 0 Å². The van der Waals surface area contributed by atoms with Crippen LogP contribution >= 0.6 is 0 Å². The van der Waals surface area contributed by atoms with E-state index in [4.69, 9.17) is 10.9 Å². The maximum absolute atomic E-state index is 11.8. The third-order valence-corrected chi connectivity index (χ3v) is 3.00. The molecule has 6 nitrogen and oxygen atoms in total. The highest BCUT2D eigenvalue weighted by atomic mass is 16.4. The van der Waals surface area contributed by atoms with Crippen molar-refractivity contribution in [1.82, 2.24) is 9.80 Å². The fourth-order valence-electron chi connectivity index (χ4n) is 1.97. The molecule has 0 bridgehead atoms. The Bertz CT molecular complexity index is 280. The fourth-order valence-corrected chi connectivity index (χ4v) is 1.97. The molecule has 1 heterocycles. The molecule has 3 N–H and O–H groups in total. The van der Waals surface area contributed by atoms with E-state index in [0.29, 0.717) is 0 Å². The van der Waals surface area contributed by atoms with Crippen LogP contribution in [0.3, 0.4) is 0 Å².